The molecule has 21 heavy (non-hydrogen) atoms. The van der Waals surface area contributed by atoms with E-state index in [1.165, 1.54) is 25.7 Å². The van der Waals surface area contributed by atoms with Gasteiger partial charge in [0.15, 0.2) is 0 Å². The van der Waals surface area contributed by atoms with Crippen molar-refractivity contribution < 1.29 is 14.2 Å². The van der Waals surface area contributed by atoms with Crippen molar-refractivity contribution in [2.24, 2.45) is 5.92 Å². The van der Waals surface area contributed by atoms with Gasteiger partial charge in [-0.25, -0.2) is 0 Å². The molecule has 3 atom stereocenters. The highest BCUT2D eigenvalue weighted by atomic mass is 16.6. The van der Waals surface area contributed by atoms with Gasteiger partial charge in [0.25, 0.3) is 0 Å². The molecule has 2 aliphatic heterocycles. The third kappa shape index (κ3) is 3.00. The smallest absolute Gasteiger partial charge is 0.0939 e. The van der Waals surface area contributed by atoms with Crippen LogP contribution in [0.5, 0.6) is 0 Å². The molecule has 3 unspecified atom stereocenters. The standard InChI is InChI=1S/C17H31NO3/c1-3-18-15(17(19-2)7-4-5-8-17)14-6-10-21-16(12-14)9-11-20-13-16/h14-15,18H,3-13H2,1-2H3. The molecule has 0 aromatic carbocycles. The van der Waals surface area contributed by atoms with Crippen molar-refractivity contribution in [3.63, 3.8) is 0 Å². The molecule has 1 aliphatic carbocycles. The predicted octanol–water partition coefficient (Wildman–Crippen LogP) is 2.51. The van der Waals surface area contributed by atoms with Gasteiger partial charge in [0.1, 0.15) is 0 Å². The van der Waals surface area contributed by atoms with E-state index in [1.807, 2.05) is 7.11 Å². The van der Waals surface area contributed by atoms with E-state index < -0.39 is 0 Å². The van der Waals surface area contributed by atoms with Gasteiger partial charge in [-0.2, -0.15) is 0 Å². The maximum atomic E-state index is 6.12. The van der Waals surface area contributed by atoms with Crippen LogP contribution in [0.1, 0.15) is 51.9 Å². The third-order valence-corrected chi connectivity index (χ3v) is 5.92. The molecule has 2 saturated heterocycles. The zero-order valence-electron chi connectivity index (χ0n) is 13.7. The number of likely N-dealkylation sites (N-methyl/N-ethyl adjacent to an activating group) is 1. The summed E-state index contributed by atoms with van der Waals surface area (Å²) in [5.41, 5.74) is 0.0305. The summed E-state index contributed by atoms with van der Waals surface area (Å²) in [4.78, 5) is 0. The lowest BCUT2D eigenvalue weighted by atomic mass is 9.74. The van der Waals surface area contributed by atoms with E-state index in [4.69, 9.17) is 14.2 Å². The molecule has 2 heterocycles. The summed E-state index contributed by atoms with van der Waals surface area (Å²) in [5.74, 6) is 0.637. The van der Waals surface area contributed by atoms with Crippen LogP contribution in [0.25, 0.3) is 0 Å². The first-order chi connectivity index (χ1) is 10.2. The summed E-state index contributed by atoms with van der Waals surface area (Å²) in [6, 6.07) is 0.455. The summed E-state index contributed by atoms with van der Waals surface area (Å²) in [7, 11) is 1.91. The average Bonchev–Trinajstić information content (AvgIpc) is 3.15. The van der Waals surface area contributed by atoms with Crippen LogP contribution < -0.4 is 5.32 Å². The van der Waals surface area contributed by atoms with Crippen molar-refractivity contribution in [1.29, 1.82) is 0 Å². The molecule has 3 aliphatic rings. The zero-order chi connectivity index (χ0) is 14.8. The third-order valence-electron chi connectivity index (χ3n) is 5.92. The number of hydrogen-bond donors (Lipinski definition) is 1. The van der Waals surface area contributed by atoms with E-state index in [-0.39, 0.29) is 11.2 Å². The highest BCUT2D eigenvalue weighted by Gasteiger charge is 2.49. The molecule has 0 amide bonds. The Morgan fingerprint density at radius 1 is 1.24 bits per heavy atom. The molecule has 0 radical (unpaired) electrons. The Hall–Kier alpha value is -0.160. The molecule has 3 rings (SSSR count). The maximum Gasteiger partial charge on any atom is 0.0939 e. The van der Waals surface area contributed by atoms with Crippen molar-refractivity contribution in [2.75, 3.05) is 33.5 Å². The molecule has 1 N–H and O–H groups in total. The van der Waals surface area contributed by atoms with Crippen LogP contribution in [-0.4, -0.2) is 50.7 Å². The van der Waals surface area contributed by atoms with E-state index in [9.17, 15) is 0 Å². The minimum absolute atomic E-state index is 0.00980. The number of methoxy groups -OCH3 is 1. The summed E-state index contributed by atoms with van der Waals surface area (Å²) in [6.45, 7) is 5.72. The van der Waals surface area contributed by atoms with Crippen LogP contribution in [0, 0.1) is 5.92 Å². The van der Waals surface area contributed by atoms with Crippen LogP contribution in [0.15, 0.2) is 0 Å². The average molecular weight is 297 g/mol. The Morgan fingerprint density at radius 2 is 2.05 bits per heavy atom. The lowest BCUT2D eigenvalue weighted by Crippen LogP contribution is -2.57. The minimum atomic E-state index is -0.00980. The highest BCUT2D eigenvalue weighted by molar-refractivity contribution is 5.03. The van der Waals surface area contributed by atoms with Crippen LogP contribution in [0.4, 0.5) is 0 Å². The molecule has 4 heteroatoms. The van der Waals surface area contributed by atoms with E-state index in [1.54, 1.807) is 0 Å². The molecule has 0 aromatic heterocycles. The zero-order valence-corrected chi connectivity index (χ0v) is 13.7. The SMILES string of the molecule is CCNC(C1CCOC2(CCOC2)C1)C1(OC)CCCC1. The first kappa shape index (κ1) is 15.7. The van der Waals surface area contributed by atoms with Crippen LogP contribution in [0.3, 0.4) is 0 Å². The van der Waals surface area contributed by atoms with Gasteiger partial charge in [-0.1, -0.05) is 19.8 Å². The first-order valence-corrected chi connectivity index (χ1v) is 8.74. The lowest BCUT2D eigenvalue weighted by molar-refractivity contribution is -0.126. The van der Waals surface area contributed by atoms with Crippen molar-refractivity contribution in [3.8, 4) is 0 Å². The number of hydrogen-bond acceptors (Lipinski definition) is 4. The van der Waals surface area contributed by atoms with Crippen LogP contribution in [-0.2, 0) is 14.2 Å². The van der Waals surface area contributed by atoms with Crippen molar-refractivity contribution in [3.05, 3.63) is 0 Å². The Bertz CT molecular complexity index is 335. The second kappa shape index (κ2) is 6.53. The predicted molar refractivity (Wildman–Crippen MR) is 82.5 cm³/mol. The van der Waals surface area contributed by atoms with Gasteiger partial charge in [0.05, 0.1) is 17.8 Å². The quantitative estimate of drug-likeness (QED) is 0.846. The first-order valence-electron chi connectivity index (χ1n) is 8.74. The molecule has 0 aromatic rings. The van der Waals surface area contributed by atoms with Gasteiger partial charge in [0.2, 0.25) is 0 Å². The van der Waals surface area contributed by atoms with Gasteiger partial charge in [-0.05, 0) is 38.1 Å². The molecule has 1 saturated carbocycles. The number of ether oxygens (including phenoxy) is 3. The Labute approximate surface area is 128 Å². The second-order valence-corrected chi connectivity index (χ2v) is 7.10. The van der Waals surface area contributed by atoms with Gasteiger partial charge in [-0.3, -0.25) is 0 Å². The molecule has 0 bridgehead atoms. The van der Waals surface area contributed by atoms with Crippen molar-refractivity contribution in [2.45, 2.75) is 69.1 Å². The topological polar surface area (TPSA) is 39.7 Å². The largest absolute Gasteiger partial charge is 0.378 e. The number of rotatable bonds is 5. The van der Waals surface area contributed by atoms with E-state index in [2.05, 4.69) is 12.2 Å². The summed E-state index contributed by atoms with van der Waals surface area (Å²) < 4.78 is 17.8. The fraction of sp³-hybridized carbons (Fsp3) is 1.00. The van der Waals surface area contributed by atoms with Crippen molar-refractivity contribution >= 4 is 0 Å². The van der Waals surface area contributed by atoms with Gasteiger partial charge < -0.3 is 19.5 Å². The second-order valence-electron chi connectivity index (χ2n) is 7.10. The minimum Gasteiger partial charge on any atom is -0.378 e. The molecular formula is C17H31NO3. The Balaban J connectivity index is 1.76. The normalized spacial score (nSPS) is 37.1. The highest BCUT2D eigenvalue weighted by Crippen LogP contribution is 2.44. The van der Waals surface area contributed by atoms with Crippen LogP contribution in [0.2, 0.25) is 0 Å². The van der Waals surface area contributed by atoms with Crippen molar-refractivity contribution in [1.82, 2.24) is 5.32 Å². The molecule has 1 spiro atoms. The fourth-order valence-electron chi connectivity index (χ4n) is 4.83. The van der Waals surface area contributed by atoms with Gasteiger partial charge in [-0.15, -0.1) is 0 Å². The number of nitrogens with one attached hydrogen (secondary N) is 1. The van der Waals surface area contributed by atoms with Gasteiger partial charge >= 0.3 is 0 Å². The maximum absolute atomic E-state index is 6.12. The van der Waals surface area contributed by atoms with Crippen LogP contribution >= 0.6 is 0 Å². The molecular weight excluding hydrogens is 266 g/mol. The van der Waals surface area contributed by atoms with E-state index >= 15 is 0 Å². The summed E-state index contributed by atoms with van der Waals surface area (Å²) >= 11 is 0. The molecule has 4 nitrogen and oxygen atoms in total. The fourth-order valence-corrected chi connectivity index (χ4v) is 4.83. The lowest BCUT2D eigenvalue weighted by Gasteiger charge is -2.46. The van der Waals surface area contributed by atoms with Gasteiger partial charge in [0, 0.05) is 32.8 Å². The Morgan fingerprint density at radius 3 is 2.67 bits per heavy atom. The van der Waals surface area contributed by atoms with E-state index in [0.717, 1.165) is 45.6 Å². The molecule has 122 valence electrons. The molecule has 3 fully saturated rings. The summed E-state index contributed by atoms with van der Waals surface area (Å²) in [6.07, 6.45) is 8.31. The summed E-state index contributed by atoms with van der Waals surface area (Å²) in [5, 5.41) is 3.77. The Kier molecular flexibility index (Phi) is 4.89. The monoisotopic (exact) mass is 297 g/mol. The van der Waals surface area contributed by atoms with E-state index in [0.29, 0.717) is 12.0 Å².